The Morgan fingerprint density at radius 2 is 2.06 bits per heavy atom. The van der Waals surface area contributed by atoms with E-state index in [1.54, 1.807) is 7.11 Å². The fourth-order valence-corrected chi connectivity index (χ4v) is 1.42. The third-order valence-corrected chi connectivity index (χ3v) is 2.54. The van der Waals surface area contributed by atoms with Gasteiger partial charge in [-0.1, -0.05) is 17.3 Å². The number of anilines is 1. The smallest absolute Gasteiger partial charge is 0.231 e. The third kappa shape index (κ3) is 2.82. The Morgan fingerprint density at radius 1 is 1.35 bits per heavy atom. The molecule has 90 valence electrons. The van der Waals surface area contributed by atoms with Crippen molar-refractivity contribution < 1.29 is 9.26 Å². The van der Waals surface area contributed by atoms with E-state index < -0.39 is 0 Å². The molecule has 0 amide bonds. The number of nitrogen functional groups attached to an aromatic ring is 1. The number of methoxy groups -OCH3 is 1. The minimum atomic E-state index is -0.154. The van der Waals surface area contributed by atoms with Crippen LogP contribution in [-0.4, -0.2) is 17.3 Å². The van der Waals surface area contributed by atoms with Gasteiger partial charge in [-0.2, -0.15) is 4.98 Å². The van der Waals surface area contributed by atoms with Gasteiger partial charge in [0.2, 0.25) is 5.89 Å². The number of hydrogen-bond acceptors (Lipinski definition) is 5. The summed E-state index contributed by atoms with van der Waals surface area (Å²) in [5.41, 5.74) is 7.44. The molecule has 5 heteroatoms. The highest BCUT2D eigenvalue weighted by Crippen LogP contribution is 2.14. The van der Waals surface area contributed by atoms with Crippen LogP contribution in [0.2, 0.25) is 0 Å². The molecule has 0 fully saturated rings. The van der Waals surface area contributed by atoms with E-state index in [2.05, 4.69) is 10.1 Å². The van der Waals surface area contributed by atoms with Crippen LogP contribution in [0.4, 0.5) is 5.69 Å². The van der Waals surface area contributed by atoms with Crippen molar-refractivity contribution in [2.45, 2.75) is 19.4 Å². The molecule has 0 saturated carbocycles. The molecule has 17 heavy (non-hydrogen) atoms. The Hall–Kier alpha value is -1.88. The average molecular weight is 233 g/mol. The Balaban J connectivity index is 2.08. The molecule has 0 aliphatic rings. The van der Waals surface area contributed by atoms with Crippen molar-refractivity contribution in [3.8, 4) is 0 Å². The van der Waals surface area contributed by atoms with E-state index in [1.165, 1.54) is 0 Å². The molecule has 2 aromatic rings. The minimum Gasteiger partial charge on any atom is -0.399 e. The summed E-state index contributed by atoms with van der Waals surface area (Å²) in [5, 5.41) is 3.86. The summed E-state index contributed by atoms with van der Waals surface area (Å²) in [5.74, 6) is 1.15. The molecule has 1 aromatic heterocycles. The van der Waals surface area contributed by atoms with Gasteiger partial charge >= 0.3 is 0 Å². The Morgan fingerprint density at radius 3 is 2.71 bits per heavy atom. The monoisotopic (exact) mass is 233 g/mol. The summed E-state index contributed by atoms with van der Waals surface area (Å²) < 4.78 is 10.3. The maximum absolute atomic E-state index is 5.61. The number of nitrogens with two attached hydrogens (primary N) is 1. The lowest BCUT2D eigenvalue weighted by Crippen LogP contribution is -1.98. The molecule has 2 N–H and O–H groups in total. The van der Waals surface area contributed by atoms with Gasteiger partial charge in [-0.3, -0.25) is 0 Å². The highest BCUT2D eigenvalue weighted by Gasteiger charge is 2.12. The van der Waals surface area contributed by atoms with Gasteiger partial charge in [0.15, 0.2) is 5.82 Å². The first-order valence-corrected chi connectivity index (χ1v) is 5.38. The second-order valence-corrected chi connectivity index (χ2v) is 3.84. The molecule has 0 spiro atoms. The number of hydrogen-bond donors (Lipinski definition) is 1. The van der Waals surface area contributed by atoms with E-state index in [9.17, 15) is 0 Å². The van der Waals surface area contributed by atoms with E-state index in [0.29, 0.717) is 18.1 Å². The number of benzene rings is 1. The van der Waals surface area contributed by atoms with Gasteiger partial charge in [0, 0.05) is 12.8 Å². The van der Waals surface area contributed by atoms with Crippen molar-refractivity contribution >= 4 is 5.69 Å². The lowest BCUT2D eigenvalue weighted by atomic mass is 10.1. The summed E-state index contributed by atoms with van der Waals surface area (Å²) in [7, 11) is 1.61. The van der Waals surface area contributed by atoms with Crippen LogP contribution in [0.3, 0.4) is 0 Å². The van der Waals surface area contributed by atoms with Crippen LogP contribution in [0, 0.1) is 0 Å². The Bertz CT molecular complexity index is 479. The predicted octanol–water partition coefficient (Wildman–Crippen LogP) is 1.95. The molecule has 2 rings (SSSR count). The minimum absolute atomic E-state index is 0.154. The topological polar surface area (TPSA) is 74.2 Å². The van der Waals surface area contributed by atoms with E-state index in [4.69, 9.17) is 15.0 Å². The van der Waals surface area contributed by atoms with Gasteiger partial charge in [0.1, 0.15) is 6.10 Å². The molecule has 5 nitrogen and oxygen atoms in total. The molecule has 0 aliphatic heterocycles. The van der Waals surface area contributed by atoms with Gasteiger partial charge in [0.05, 0.1) is 6.42 Å². The van der Waals surface area contributed by atoms with Gasteiger partial charge in [-0.15, -0.1) is 0 Å². The summed E-state index contributed by atoms with van der Waals surface area (Å²) >= 11 is 0. The average Bonchev–Trinajstić information content (AvgIpc) is 2.80. The Kier molecular flexibility index (Phi) is 3.39. The van der Waals surface area contributed by atoms with Crippen molar-refractivity contribution in [2.75, 3.05) is 12.8 Å². The zero-order valence-corrected chi connectivity index (χ0v) is 9.88. The normalized spacial score (nSPS) is 12.6. The molecule has 1 aromatic carbocycles. The van der Waals surface area contributed by atoms with Crippen molar-refractivity contribution in [1.29, 1.82) is 0 Å². The molecule has 0 saturated heterocycles. The quantitative estimate of drug-likeness (QED) is 0.817. The van der Waals surface area contributed by atoms with Gasteiger partial charge in [-0.25, -0.2) is 0 Å². The van der Waals surface area contributed by atoms with Gasteiger partial charge < -0.3 is 15.0 Å². The third-order valence-electron chi connectivity index (χ3n) is 2.54. The van der Waals surface area contributed by atoms with Crippen molar-refractivity contribution in [2.24, 2.45) is 0 Å². The van der Waals surface area contributed by atoms with E-state index in [-0.39, 0.29) is 6.10 Å². The van der Waals surface area contributed by atoms with Crippen LogP contribution >= 0.6 is 0 Å². The van der Waals surface area contributed by atoms with Gasteiger partial charge in [-0.05, 0) is 24.6 Å². The first-order chi connectivity index (χ1) is 8.19. The highest BCUT2D eigenvalue weighted by molar-refractivity contribution is 5.39. The second-order valence-electron chi connectivity index (χ2n) is 3.84. The molecular weight excluding hydrogens is 218 g/mol. The fraction of sp³-hybridized carbons (Fsp3) is 0.333. The molecule has 0 bridgehead atoms. The highest BCUT2D eigenvalue weighted by atomic mass is 16.5. The first-order valence-electron chi connectivity index (χ1n) is 5.38. The van der Waals surface area contributed by atoms with Gasteiger partial charge in [0.25, 0.3) is 0 Å². The summed E-state index contributed by atoms with van der Waals surface area (Å²) in [6, 6.07) is 7.59. The molecule has 0 radical (unpaired) electrons. The van der Waals surface area contributed by atoms with Crippen LogP contribution in [0.25, 0.3) is 0 Å². The van der Waals surface area contributed by atoms with Crippen LogP contribution in [0.1, 0.15) is 30.3 Å². The molecule has 1 atom stereocenters. The standard InChI is InChI=1S/C12H15N3O2/c1-8(16-2)12-14-11(17-15-12)7-9-3-5-10(13)6-4-9/h3-6,8H,7,13H2,1-2H3. The van der Waals surface area contributed by atoms with E-state index >= 15 is 0 Å². The second kappa shape index (κ2) is 4.97. The van der Waals surface area contributed by atoms with Crippen molar-refractivity contribution in [1.82, 2.24) is 10.1 Å². The number of ether oxygens (including phenoxy) is 1. The fourth-order valence-electron chi connectivity index (χ4n) is 1.42. The van der Waals surface area contributed by atoms with Crippen LogP contribution in [0.15, 0.2) is 28.8 Å². The van der Waals surface area contributed by atoms with Crippen LogP contribution in [0.5, 0.6) is 0 Å². The van der Waals surface area contributed by atoms with Crippen molar-refractivity contribution in [3.63, 3.8) is 0 Å². The number of aromatic nitrogens is 2. The Labute approximate surface area is 99.6 Å². The number of rotatable bonds is 4. The SMILES string of the molecule is COC(C)c1noc(Cc2ccc(N)cc2)n1. The lowest BCUT2D eigenvalue weighted by molar-refractivity contribution is 0.109. The summed E-state index contributed by atoms with van der Waals surface area (Å²) in [4.78, 5) is 4.26. The van der Waals surface area contributed by atoms with E-state index in [1.807, 2.05) is 31.2 Å². The van der Waals surface area contributed by atoms with E-state index in [0.717, 1.165) is 11.3 Å². The maximum Gasteiger partial charge on any atom is 0.231 e. The molecule has 1 heterocycles. The van der Waals surface area contributed by atoms with Crippen LogP contribution in [-0.2, 0) is 11.2 Å². The van der Waals surface area contributed by atoms with Crippen LogP contribution < -0.4 is 5.73 Å². The zero-order valence-electron chi connectivity index (χ0n) is 9.88. The largest absolute Gasteiger partial charge is 0.399 e. The zero-order chi connectivity index (χ0) is 12.3. The summed E-state index contributed by atoms with van der Waals surface area (Å²) in [6.45, 7) is 1.87. The molecule has 1 unspecified atom stereocenters. The predicted molar refractivity (Wildman–Crippen MR) is 63.4 cm³/mol. The maximum atomic E-state index is 5.61. The first kappa shape index (κ1) is 11.6. The molecular formula is C12H15N3O2. The number of nitrogens with zero attached hydrogens (tertiary/aromatic N) is 2. The lowest BCUT2D eigenvalue weighted by Gasteiger charge is -2.01. The molecule has 0 aliphatic carbocycles. The van der Waals surface area contributed by atoms with Crippen molar-refractivity contribution in [3.05, 3.63) is 41.5 Å². The summed E-state index contributed by atoms with van der Waals surface area (Å²) in [6.07, 6.45) is 0.447.